The van der Waals surface area contributed by atoms with Crippen LogP contribution in [-0.2, 0) is 41.2 Å². The normalized spacial score (nSPS) is 17.2. The molecule has 2 aliphatic heterocycles. The summed E-state index contributed by atoms with van der Waals surface area (Å²) in [6.45, 7) is 4.13. The van der Waals surface area contributed by atoms with Gasteiger partial charge in [0.15, 0.2) is 0 Å². The monoisotopic (exact) mass is 585 g/mol. The van der Waals surface area contributed by atoms with E-state index in [4.69, 9.17) is 10.5 Å². The first kappa shape index (κ1) is 30.5. The van der Waals surface area contributed by atoms with Crippen LogP contribution in [0, 0.1) is 0 Å². The molecule has 11 nitrogen and oxygen atoms in total. The van der Waals surface area contributed by atoms with E-state index in [0.717, 1.165) is 11.1 Å². The van der Waals surface area contributed by atoms with Crippen molar-refractivity contribution in [3.05, 3.63) is 65.7 Å². The number of para-hydroxylation sites is 1. The van der Waals surface area contributed by atoms with Gasteiger partial charge < -0.3 is 26.0 Å². The number of amides is 3. The lowest BCUT2D eigenvalue weighted by Gasteiger charge is -2.41. The molecule has 0 bridgehead atoms. The number of hydrogen-bond acceptors (Lipinski definition) is 7. The number of carbonyl (C=O) groups excluding carboxylic acids is 3. The highest BCUT2D eigenvalue weighted by molar-refractivity contribution is 7.92. The predicted molar refractivity (Wildman–Crippen MR) is 155 cm³/mol. The van der Waals surface area contributed by atoms with Gasteiger partial charge in [0.2, 0.25) is 27.7 Å². The zero-order chi connectivity index (χ0) is 29.8. The Morgan fingerprint density at radius 3 is 2.32 bits per heavy atom. The fourth-order valence-corrected chi connectivity index (χ4v) is 6.52. The van der Waals surface area contributed by atoms with Crippen molar-refractivity contribution in [2.45, 2.75) is 50.3 Å². The highest BCUT2D eigenvalue weighted by Gasteiger charge is 2.48. The second-order valence-corrected chi connectivity index (χ2v) is 13.2. The average molecular weight is 586 g/mol. The smallest absolute Gasteiger partial charge is 0.247 e. The van der Waals surface area contributed by atoms with E-state index >= 15 is 0 Å². The summed E-state index contributed by atoms with van der Waals surface area (Å²) in [5.74, 6) is -1.33. The maximum atomic E-state index is 13.8. The molecular weight excluding hydrogens is 546 g/mol. The summed E-state index contributed by atoms with van der Waals surface area (Å²) in [6.07, 6.45) is 2.36. The number of anilines is 1. The van der Waals surface area contributed by atoms with Gasteiger partial charge in [-0.3, -0.25) is 18.7 Å². The first-order chi connectivity index (χ1) is 19.4. The van der Waals surface area contributed by atoms with Gasteiger partial charge in [-0.25, -0.2) is 8.42 Å². The molecule has 2 aromatic rings. The van der Waals surface area contributed by atoms with E-state index in [2.05, 4.69) is 10.6 Å². The maximum absolute atomic E-state index is 13.8. The van der Waals surface area contributed by atoms with Crippen molar-refractivity contribution < 1.29 is 27.5 Å². The molecule has 41 heavy (non-hydrogen) atoms. The molecule has 1 unspecified atom stereocenters. The topological polar surface area (TPSA) is 151 Å². The largest absolute Gasteiger partial charge is 0.374 e. The van der Waals surface area contributed by atoms with E-state index in [1.807, 2.05) is 54.6 Å². The van der Waals surface area contributed by atoms with Crippen molar-refractivity contribution >= 4 is 33.4 Å². The first-order valence-corrected chi connectivity index (χ1v) is 15.5. The van der Waals surface area contributed by atoms with E-state index < -0.39 is 38.8 Å². The molecule has 2 aliphatic rings. The van der Waals surface area contributed by atoms with E-state index in [1.54, 1.807) is 4.90 Å². The number of nitrogens with one attached hydrogen (secondary N) is 2. The van der Waals surface area contributed by atoms with Crippen LogP contribution in [0.2, 0.25) is 0 Å². The summed E-state index contributed by atoms with van der Waals surface area (Å²) >= 11 is 0. The Balaban J connectivity index is 1.48. The van der Waals surface area contributed by atoms with Gasteiger partial charge in [0.25, 0.3) is 0 Å². The second-order valence-electron chi connectivity index (χ2n) is 11.3. The number of piperidine rings is 1. The number of fused-ring (bicyclic) bond motifs is 2. The molecule has 1 atom stereocenters. The van der Waals surface area contributed by atoms with Crippen molar-refractivity contribution in [3.63, 3.8) is 0 Å². The van der Waals surface area contributed by atoms with E-state index in [1.165, 1.54) is 24.4 Å². The van der Waals surface area contributed by atoms with E-state index in [9.17, 15) is 22.8 Å². The summed E-state index contributed by atoms with van der Waals surface area (Å²) in [6, 6.07) is 16.0. The van der Waals surface area contributed by atoms with Gasteiger partial charge in [-0.1, -0.05) is 48.5 Å². The molecule has 2 heterocycles. The van der Waals surface area contributed by atoms with Gasteiger partial charge in [-0.05, 0) is 43.9 Å². The fraction of sp³-hybridized carbons (Fsp3) is 0.483. The SMILES string of the molecule is CC(C)(NC(=O)CN)C(=O)NC(COCc1ccccc1)C(=O)N1CCC2(CC1)CN(S(C)(=O)=O)c1ccccc12. The standard InChI is InChI=1S/C29H39N5O6S/c1-28(2,32-25(35)17-30)27(37)31-23(19-40-18-21-9-5-4-6-10-21)26(36)33-15-13-29(14-16-33)20-34(41(3,38)39)24-12-8-7-11-22(24)29/h4-12,23H,13-20,30H2,1-3H3,(H,31,37)(H,32,35). The van der Waals surface area contributed by atoms with Crippen LogP contribution in [0.25, 0.3) is 0 Å². The molecule has 4 rings (SSSR count). The van der Waals surface area contributed by atoms with Crippen LogP contribution in [0.1, 0.15) is 37.8 Å². The molecule has 222 valence electrons. The van der Waals surface area contributed by atoms with Crippen LogP contribution in [-0.4, -0.2) is 81.7 Å². The molecule has 0 saturated carbocycles. The molecule has 2 aromatic carbocycles. The number of benzene rings is 2. The Morgan fingerprint density at radius 2 is 1.68 bits per heavy atom. The quantitative estimate of drug-likeness (QED) is 0.375. The summed E-state index contributed by atoms with van der Waals surface area (Å²) in [4.78, 5) is 40.5. The van der Waals surface area contributed by atoms with Gasteiger partial charge in [0.05, 0.1) is 31.7 Å². The lowest BCUT2D eigenvalue weighted by atomic mass is 9.74. The first-order valence-electron chi connectivity index (χ1n) is 13.7. The third-order valence-electron chi connectivity index (χ3n) is 7.83. The lowest BCUT2D eigenvalue weighted by molar-refractivity contribution is -0.141. The molecule has 12 heteroatoms. The molecule has 1 fully saturated rings. The molecule has 0 aromatic heterocycles. The molecule has 0 aliphatic carbocycles. The van der Waals surface area contributed by atoms with Crippen LogP contribution in [0.3, 0.4) is 0 Å². The van der Waals surface area contributed by atoms with Gasteiger partial charge >= 0.3 is 0 Å². The number of sulfonamides is 1. The Labute approximate surface area is 241 Å². The van der Waals surface area contributed by atoms with Gasteiger partial charge in [-0.15, -0.1) is 0 Å². The Morgan fingerprint density at radius 1 is 1.05 bits per heavy atom. The van der Waals surface area contributed by atoms with Crippen LogP contribution in [0.5, 0.6) is 0 Å². The number of rotatable bonds is 10. The highest BCUT2D eigenvalue weighted by atomic mass is 32.2. The van der Waals surface area contributed by atoms with Crippen molar-refractivity contribution in [2.24, 2.45) is 5.73 Å². The van der Waals surface area contributed by atoms with Crippen LogP contribution < -0.4 is 20.7 Å². The van der Waals surface area contributed by atoms with Gasteiger partial charge in [0, 0.05) is 25.0 Å². The zero-order valence-corrected chi connectivity index (χ0v) is 24.6. The van der Waals surface area contributed by atoms with Gasteiger partial charge in [0.1, 0.15) is 11.6 Å². The summed E-state index contributed by atoms with van der Waals surface area (Å²) in [5.41, 5.74) is 6.30. The predicted octanol–water partition coefficient (Wildman–Crippen LogP) is 0.882. The summed E-state index contributed by atoms with van der Waals surface area (Å²) < 4.78 is 32.4. The second kappa shape index (κ2) is 12.2. The maximum Gasteiger partial charge on any atom is 0.247 e. The number of ether oxygens (including phenoxy) is 1. The van der Waals surface area contributed by atoms with Crippen LogP contribution >= 0.6 is 0 Å². The number of hydrogen-bond donors (Lipinski definition) is 3. The Hall–Kier alpha value is -3.48. The molecule has 1 spiro atoms. The molecule has 0 radical (unpaired) electrons. The molecular formula is C29H39N5O6S. The number of nitrogens with zero attached hydrogens (tertiary/aromatic N) is 2. The number of nitrogens with two attached hydrogens (primary N) is 1. The van der Waals surface area contributed by atoms with Crippen molar-refractivity contribution in [1.82, 2.24) is 15.5 Å². The third-order valence-corrected chi connectivity index (χ3v) is 8.95. The minimum atomic E-state index is -3.46. The van der Waals surface area contributed by atoms with Crippen molar-refractivity contribution in [3.8, 4) is 0 Å². The average Bonchev–Trinajstić information content (AvgIpc) is 3.27. The van der Waals surface area contributed by atoms with Crippen LogP contribution in [0.4, 0.5) is 5.69 Å². The van der Waals surface area contributed by atoms with Crippen molar-refractivity contribution in [2.75, 3.05) is 43.3 Å². The minimum Gasteiger partial charge on any atom is -0.374 e. The molecule has 3 amide bonds. The van der Waals surface area contributed by atoms with Gasteiger partial charge in [-0.2, -0.15) is 0 Å². The number of carbonyl (C=O) groups is 3. The lowest BCUT2D eigenvalue weighted by Crippen LogP contribution is -2.61. The van der Waals surface area contributed by atoms with E-state index in [-0.39, 0.29) is 25.7 Å². The summed E-state index contributed by atoms with van der Waals surface area (Å²) in [5, 5.41) is 5.35. The molecule has 1 saturated heterocycles. The summed E-state index contributed by atoms with van der Waals surface area (Å²) in [7, 11) is -3.46. The Kier molecular flexibility index (Phi) is 9.05. The highest BCUT2D eigenvalue weighted by Crippen LogP contribution is 2.47. The number of likely N-dealkylation sites (tertiary alicyclic amines) is 1. The Bertz CT molecular complexity index is 1370. The minimum absolute atomic E-state index is 0.0628. The fourth-order valence-electron chi connectivity index (χ4n) is 5.52. The van der Waals surface area contributed by atoms with Crippen LogP contribution in [0.15, 0.2) is 54.6 Å². The zero-order valence-electron chi connectivity index (χ0n) is 23.8. The van der Waals surface area contributed by atoms with E-state index in [0.29, 0.717) is 38.2 Å². The van der Waals surface area contributed by atoms with Crippen molar-refractivity contribution in [1.29, 1.82) is 0 Å². The molecule has 4 N–H and O–H groups in total. The third kappa shape index (κ3) is 6.88.